The fraction of sp³-hybridized carbons (Fsp3) is 0.786. The molecule has 10 heteroatoms. The lowest BCUT2D eigenvalue weighted by atomic mass is 10.1. The van der Waals surface area contributed by atoms with Crippen molar-refractivity contribution in [2.45, 2.75) is 31.8 Å². The van der Waals surface area contributed by atoms with Crippen LogP contribution in [0.15, 0.2) is 0 Å². The second-order valence-electron chi connectivity index (χ2n) is 6.49. The molecule has 0 aromatic carbocycles. The number of sulfonamides is 1. The Morgan fingerprint density at radius 1 is 1.33 bits per heavy atom. The minimum atomic E-state index is -3.35. The summed E-state index contributed by atoms with van der Waals surface area (Å²) < 4.78 is 32.6. The molecule has 0 saturated carbocycles. The molecular weight excluding hydrogens is 334 g/mol. The second kappa shape index (κ2) is 6.77. The quantitative estimate of drug-likeness (QED) is 0.743. The Hall–Kier alpha value is -1.52. The molecular formula is C14H23N5O4S. The van der Waals surface area contributed by atoms with Gasteiger partial charge in [0.05, 0.1) is 25.0 Å². The third-order valence-corrected chi connectivity index (χ3v) is 6.52. The van der Waals surface area contributed by atoms with E-state index >= 15 is 0 Å². The number of hydrogen-bond donors (Lipinski definition) is 1. The lowest BCUT2D eigenvalue weighted by Crippen LogP contribution is -2.44. The Bertz CT molecular complexity index is 715. The highest BCUT2D eigenvalue weighted by Crippen LogP contribution is 2.19. The van der Waals surface area contributed by atoms with Gasteiger partial charge in [0.25, 0.3) is 5.91 Å². The maximum Gasteiger partial charge on any atom is 0.289 e. The molecule has 0 unspecified atom stereocenters. The standard InChI is InChI=1S/C14H23N5O4S/c1-18(2)24(21,22)9-10-7-23-8-11(10)15-14(20)13-17-16-12-5-3-4-6-19(12)13/h10-11H,3-9H2,1-2H3,(H,15,20)/t10-,11+/m0/s1. The van der Waals surface area contributed by atoms with Gasteiger partial charge in [0, 0.05) is 33.0 Å². The van der Waals surface area contributed by atoms with E-state index in [9.17, 15) is 13.2 Å². The van der Waals surface area contributed by atoms with Gasteiger partial charge in [0.1, 0.15) is 5.82 Å². The molecule has 1 N–H and O–H groups in total. The first-order chi connectivity index (χ1) is 11.4. The van der Waals surface area contributed by atoms with Crippen LogP contribution in [0, 0.1) is 5.92 Å². The molecule has 3 rings (SSSR count). The van der Waals surface area contributed by atoms with Crippen molar-refractivity contribution in [3.63, 3.8) is 0 Å². The minimum absolute atomic E-state index is 0.0527. The van der Waals surface area contributed by atoms with Gasteiger partial charge in [-0.15, -0.1) is 10.2 Å². The van der Waals surface area contributed by atoms with Crippen LogP contribution in [0.1, 0.15) is 29.3 Å². The molecule has 1 saturated heterocycles. The van der Waals surface area contributed by atoms with E-state index in [-0.39, 0.29) is 23.6 Å². The van der Waals surface area contributed by atoms with Gasteiger partial charge < -0.3 is 14.6 Å². The molecule has 2 atom stereocenters. The van der Waals surface area contributed by atoms with E-state index in [1.807, 2.05) is 4.57 Å². The van der Waals surface area contributed by atoms with E-state index in [0.29, 0.717) is 19.0 Å². The first-order valence-corrected chi connectivity index (χ1v) is 9.70. The van der Waals surface area contributed by atoms with Gasteiger partial charge in [-0.2, -0.15) is 0 Å². The minimum Gasteiger partial charge on any atom is -0.379 e. The number of carbonyl (C=O) groups excluding carboxylic acids is 1. The van der Waals surface area contributed by atoms with E-state index in [2.05, 4.69) is 15.5 Å². The number of fused-ring (bicyclic) bond motifs is 1. The first kappa shape index (κ1) is 17.3. The summed E-state index contributed by atoms with van der Waals surface area (Å²) >= 11 is 0. The summed E-state index contributed by atoms with van der Waals surface area (Å²) in [5.74, 6) is 0.484. The zero-order chi connectivity index (χ0) is 17.3. The topological polar surface area (TPSA) is 106 Å². The number of nitrogens with one attached hydrogen (secondary N) is 1. The Morgan fingerprint density at radius 2 is 2.12 bits per heavy atom. The van der Waals surface area contributed by atoms with Crippen LogP contribution in [0.5, 0.6) is 0 Å². The molecule has 0 radical (unpaired) electrons. The third-order valence-electron chi connectivity index (χ3n) is 4.56. The molecule has 1 fully saturated rings. The predicted octanol–water partition coefficient (Wildman–Crippen LogP) is -0.749. The highest BCUT2D eigenvalue weighted by molar-refractivity contribution is 7.89. The molecule has 1 aromatic rings. The van der Waals surface area contributed by atoms with Gasteiger partial charge in [-0.25, -0.2) is 12.7 Å². The number of aryl methyl sites for hydroxylation is 1. The smallest absolute Gasteiger partial charge is 0.289 e. The Morgan fingerprint density at radius 3 is 2.88 bits per heavy atom. The number of carbonyl (C=O) groups is 1. The number of ether oxygens (including phenoxy) is 1. The van der Waals surface area contributed by atoms with Crippen LogP contribution in [-0.4, -0.2) is 72.5 Å². The molecule has 0 spiro atoms. The van der Waals surface area contributed by atoms with Crippen molar-refractivity contribution in [2.75, 3.05) is 33.1 Å². The van der Waals surface area contributed by atoms with Crippen molar-refractivity contribution < 1.29 is 17.9 Å². The van der Waals surface area contributed by atoms with Crippen LogP contribution in [-0.2, 0) is 27.7 Å². The summed E-state index contributed by atoms with van der Waals surface area (Å²) in [7, 11) is -0.347. The van der Waals surface area contributed by atoms with E-state index in [1.54, 1.807) is 0 Å². The second-order valence-corrected chi connectivity index (χ2v) is 8.71. The number of aromatic nitrogens is 3. The Kier molecular flexibility index (Phi) is 4.88. The first-order valence-electron chi connectivity index (χ1n) is 8.09. The molecule has 0 bridgehead atoms. The number of rotatable bonds is 5. The molecule has 2 aliphatic heterocycles. The highest BCUT2D eigenvalue weighted by atomic mass is 32.2. The molecule has 134 valence electrons. The number of hydrogen-bond acceptors (Lipinski definition) is 6. The zero-order valence-corrected chi connectivity index (χ0v) is 14.8. The summed E-state index contributed by atoms with van der Waals surface area (Å²) in [5.41, 5.74) is 0. The summed E-state index contributed by atoms with van der Waals surface area (Å²) in [6, 6.07) is -0.344. The lowest BCUT2D eigenvalue weighted by molar-refractivity contribution is 0.0909. The number of nitrogens with zero attached hydrogens (tertiary/aromatic N) is 4. The van der Waals surface area contributed by atoms with Crippen molar-refractivity contribution >= 4 is 15.9 Å². The van der Waals surface area contributed by atoms with Gasteiger partial charge in [-0.1, -0.05) is 0 Å². The predicted molar refractivity (Wildman–Crippen MR) is 86.0 cm³/mol. The summed E-state index contributed by atoms with van der Waals surface area (Å²) in [5, 5.41) is 10.9. The normalized spacial score (nSPS) is 24.1. The van der Waals surface area contributed by atoms with Crippen molar-refractivity contribution in [3.8, 4) is 0 Å². The zero-order valence-electron chi connectivity index (χ0n) is 13.9. The van der Waals surface area contributed by atoms with Gasteiger partial charge in [0.2, 0.25) is 15.8 Å². The fourth-order valence-electron chi connectivity index (χ4n) is 3.05. The monoisotopic (exact) mass is 357 g/mol. The maximum absolute atomic E-state index is 12.5. The summed E-state index contributed by atoms with van der Waals surface area (Å²) in [4.78, 5) is 12.5. The van der Waals surface area contributed by atoms with Crippen LogP contribution in [0.4, 0.5) is 0 Å². The fourth-order valence-corrected chi connectivity index (χ4v) is 4.22. The average molecular weight is 357 g/mol. The third kappa shape index (κ3) is 3.45. The largest absolute Gasteiger partial charge is 0.379 e. The lowest BCUT2D eigenvalue weighted by Gasteiger charge is -2.21. The van der Waals surface area contributed by atoms with Crippen LogP contribution < -0.4 is 5.32 Å². The van der Waals surface area contributed by atoms with E-state index in [4.69, 9.17) is 4.74 Å². The van der Waals surface area contributed by atoms with E-state index in [1.165, 1.54) is 18.4 Å². The van der Waals surface area contributed by atoms with E-state index in [0.717, 1.165) is 31.6 Å². The maximum atomic E-state index is 12.5. The molecule has 1 amide bonds. The van der Waals surface area contributed by atoms with Crippen LogP contribution in [0.25, 0.3) is 0 Å². The summed E-state index contributed by atoms with van der Waals surface area (Å²) in [6.07, 6.45) is 2.89. The number of amides is 1. The van der Waals surface area contributed by atoms with Crippen molar-refractivity contribution in [2.24, 2.45) is 5.92 Å². The molecule has 3 heterocycles. The van der Waals surface area contributed by atoms with Gasteiger partial charge in [-0.05, 0) is 12.8 Å². The van der Waals surface area contributed by atoms with Crippen LogP contribution in [0.3, 0.4) is 0 Å². The van der Waals surface area contributed by atoms with Crippen LogP contribution in [0.2, 0.25) is 0 Å². The van der Waals surface area contributed by atoms with Gasteiger partial charge in [-0.3, -0.25) is 4.79 Å². The molecule has 0 aliphatic carbocycles. The molecule has 1 aromatic heterocycles. The Balaban J connectivity index is 1.68. The molecule has 2 aliphatic rings. The van der Waals surface area contributed by atoms with E-state index < -0.39 is 10.0 Å². The van der Waals surface area contributed by atoms with Crippen molar-refractivity contribution in [3.05, 3.63) is 11.6 Å². The Labute approximate surface area is 141 Å². The molecule has 9 nitrogen and oxygen atoms in total. The van der Waals surface area contributed by atoms with Gasteiger partial charge >= 0.3 is 0 Å². The van der Waals surface area contributed by atoms with Crippen molar-refractivity contribution in [1.82, 2.24) is 24.4 Å². The van der Waals surface area contributed by atoms with Gasteiger partial charge in [0.15, 0.2) is 0 Å². The van der Waals surface area contributed by atoms with Crippen molar-refractivity contribution in [1.29, 1.82) is 0 Å². The highest BCUT2D eigenvalue weighted by Gasteiger charge is 2.35. The van der Waals surface area contributed by atoms with Crippen LogP contribution >= 0.6 is 0 Å². The SMILES string of the molecule is CN(C)S(=O)(=O)C[C@@H]1COC[C@H]1NC(=O)c1nnc2n1CCCC2. The summed E-state index contributed by atoms with van der Waals surface area (Å²) in [6.45, 7) is 1.36. The molecule has 24 heavy (non-hydrogen) atoms. The average Bonchev–Trinajstić information content (AvgIpc) is 3.13.